The summed E-state index contributed by atoms with van der Waals surface area (Å²) in [6, 6.07) is 28.6. The molecule has 1 aliphatic rings. The van der Waals surface area contributed by atoms with Crippen molar-refractivity contribution in [2.24, 2.45) is 5.73 Å². The Morgan fingerprint density at radius 1 is 0.900 bits per heavy atom. The number of fused-ring (bicyclic) bond motifs is 1. The Labute approximate surface area is 240 Å². The molecular weight excluding hydrogens is 551 g/mol. The topological polar surface area (TPSA) is 104 Å². The first kappa shape index (κ1) is 26.9. The molecule has 0 radical (unpaired) electrons. The van der Waals surface area contributed by atoms with Gasteiger partial charge in [-0.05, 0) is 48.0 Å². The minimum atomic E-state index is -0.614. The lowest BCUT2D eigenvalue weighted by atomic mass is 9.83. The van der Waals surface area contributed by atoms with Crippen molar-refractivity contribution in [3.05, 3.63) is 129 Å². The summed E-state index contributed by atoms with van der Waals surface area (Å²) in [6.45, 7) is -0.0329. The van der Waals surface area contributed by atoms with Crippen molar-refractivity contribution < 1.29 is 23.7 Å². The molecule has 40 heavy (non-hydrogen) atoms. The standard InChI is InChI=1S/C31H22Cl2N2O5/c32-21-7-4-9-23(14-21)38-18-29(36)39-24-11-12-25-28(15-24)40-31(35)26(16-34)30(25)19-6-3-8-22(13-19)37-17-20-5-1-2-10-27(20)33/h1-15,30H,17-18,35H2. The van der Waals surface area contributed by atoms with Gasteiger partial charge in [0, 0.05) is 27.2 Å². The number of rotatable bonds is 8. The summed E-state index contributed by atoms with van der Waals surface area (Å²) in [5.41, 5.74) is 8.72. The summed E-state index contributed by atoms with van der Waals surface area (Å²) in [4.78, 5) is 12.4. The normalized spacial score (nSPS) is 14.0. The molecule has 0 spiro atoms. The second kappa shape index (κ2) is 12.0. The minimum Gasteiger partial charge on any atom is -0.489 e. The fourth-order valence-corrected chi connectivity index (χ4v) is 4.63. The van der Waals surface area contributed by atoms with Gasteiger partial charge in [-0.25, -0.2) is 4.79 Å². The van der Waals surface area contributed by atoms with Gasteiger partial charge in [0.05, 0.1) is 5.92 Å². The zero-order chi connectivity index (χ0) is 28.1. The van der Waals surface area contributed by atoms with E-state index < -0.39 is 11.9 Å². The number of benzene rings is 4. The number of carbonyl (C=O) groups is 1. The third-order valence-electron chi connectivity index (χ3n) is 6.12. The molecule has 200 valence electrons. The van der Waals surface area contributed by atoms with Gasteiger partial charge in [0.2, 0.25) is 5.88 Å². The van der Waals surface area contributed by atoms with Crippen LogP contribution in [0.15, 0.2) is 102 Å². The fraction of sp³-hybridized carbons (Fsp3) is 0.0968. The van der Waals surface area contributed by atoms with Gasteiger partial charge in [-0.1, -0.05) is 65.7 Å². The fourth-order valence-electron chi connectivity index (χ4n) is 4.26. The summed E-state index contributed by atoms with van der Waals surface area (Å²) >= 11 is 12.2. The van der Waals surface area contributed by atoms with Crippen LogP contribution in [0.3, 0.4) is 0 Å². The van der Waals surface area contributed by atoms with E-state index in [1.165, 1.54) is 0 Å². The molecule has 0 fully saturated rings. The number of hydrogen-bond donors (Lipinski definition) is 1. The molecule has 5 rings (SSSR count). The number of nitrogens with two attached hydrogens (primary N) is 1. The van der Waals surface area contributed by atoms with Gasteiger partial charge < -0.3 is 24.7 Å². The number of ether oxygens (including phenoxy) is 4. The molecule has 1 aliphatic heterocycles. The molecule has 1 unspecified atom stereocenters. The van der Waals surface area contributed by atoms with Crippen LogP contribution in [0.1, 0.15) is 22.6 Å². The monoisotopic (exact) mass is 572 g/mol. The molecule has 2 N–H and O–H groups in total. The third-order valence-corrected chi connectivity index (χ3v) is 6.72. The molecule has 4 aromatic rings. The van der Waals surface area contributed by atoms with Crippen LogP contribution in [0, 0.1) is 11.3 Å². The molecule has 0 saturated heterocycles. The Balaban J connectivity index is 1.34. The quantitative estimate of drug-likeness (QED) is 0.183. The molecule has 0 saturated carbocycles. The summed E-state index contributed by atoms with van der Waals surface area (Å²) in [7, 11) is 0. The van der Waals surface area contributed by atoms with Crippen LogP contribution in [0.4, 0.5) is 0 Å². The zero-order valence-corrected chi connectivity index (χ0v) is 22.5. The first-order valence-corrected chi connectivity index (χ1v) is 12.9. The van der Waals surface area contributed by atoms with E-state index in [-0.39, 0.29) is 30.4 Å². The number of esters is 1. The molecule has 9 heteroatoms. The lowest BCUT2D eigenvalue weighted by Crippen LogP contribution is -2.21. The summed E-state index contributed by atoms with van der Waals surface area (Å²) in [5.74, 6) is 0.486. The molecule has 1 atom stereocenters. The van der Waals surface area contributed by atoms with Crippen LogP contribution >= 0.6 is 23.2 Å². The van der Waals surface area contributed by atoms with Crippen LogP contribution in [-0.2, 0) is 11.4 Å². The van der Waals surface area contributed by atoms with Crippen LogP contribution in [0.2, 0.25) is 10.0 Å². The van der Waals surface area contributed by atoms with E-state index in [1.54, 1.807) is 48.5 Å². The largest absolute Gasteiger partial charge is 0.489 e. The number of allylic oxidation sites excluding steroid dienone is 1. The van der Waals surface area contributed by atoms with E-state index in [9.17, 15) is 10.1 Å². The molecule has 0 aliphatic carbocycles. The molecule has 4 aromatic carbocycles. The summed E-state index contributed by atoms with van der Waals surface area (Å²) < 4.78 is 22.6. The summed E-state index contributed by atoms with van der Waals surface area (Å²) in [5, 5.41) is 11.0. The van der Waals surface area contributed by atoms with Crippen LogP contribution in [-0.4, -0.2) is 12.6 Å². The van der Waals surface area contributed by atoms with Crippen molar-refractivity contribution in [1.82, 2.24) is 0 Å². The predicted molar refractivity (Wildman–Crippen MR) is 151 cm³/mol. The highest BCUT2D eigenvalue weighted by molar-refractivity contribution is 6.31. The Kier molecular flexibility index (Phi) is 8.11. The van der Waals surface area contributed by atoms with Gasteiger partial charge in [-0.2, -0.15) is 5.26 Å². The lowest BCUT2D eigenvalue weighted by molar-refractivity contribution is -0.136. The Morgan fingerprint density at radius 3 is 2.45 bits per heavy atom. The number of hydrogen-bond acceptors (Lipinski definition) is 7. The Hall–Kier alpha value is -4.64. The second-order valence-electron chi connectivity index (χ2n) is 8.80. The van der Waals surface area contributed by atoms with Crippen molar-refractivity contribution in [2.75, 3.05) is 6.61 Å². The maximum atomic E-state index is 12.4. The highest BCUT2D eigenvalue weighted by Gasteiger charge is 2.31. The number of nitrogens with zero attached hydrogens (tertiary/aromatic N) is 1. The maximum absolute atomic E-state index is 12.4. The highest BCUT2D eigenvalue weighted by Crippen LogP contribution is 2.44. The van der Waals surface area contributed by atoms with Gasteiger partial charge in [0.15, 0.2) is 6.61 Å². The van der Waals surface area contributed by atoms with Crippen LogP contribution in [0.5, 0.6) is 23.0 Å². The van der Waals surface area contributed by atoms with E-state index in [0.717, 1.165) is 11.1 Å². The van der Waals surface area contributed by atoms with E-state index >= 15 is 0 Å². The first-order valence-electron chi connectivity index (χ1n) is 12.2. The van der Waals surface area contributed by atoms with Crippen molar-refractivity contribution in [3.8, 4) is 29.1 Å². The van der Waals surface area contributed by atoms with Gasteiger partial charge in [-0.15, -0.1) is 0 Å². The van der Waals surface area contributed by atoms with E-state index in [1.807, 2.05) is 42.5 Å². The van der Waals surface area contributed by atoms with E-state index in [2.05, 4.69) is 6.07 Å². The number of nitriles is 1. The average molecular weight is 573 g/mol. The average Bonchev–Trinajstić information content (AvgIpc) is 2.95. The van der Waals surface area contributed by atoms with Crippen molar-refractivity contribution in [1.29, 1.82) is 5.26 Å². The van der Waals surface area contributed by atoms with E-state index in [0.29, 0.717) is 32.9 Å². The smallest absolute Gasteiger partial charge is 0.349 e. The predicted octanol–water partition coefficient (Wildman–Crippen LogP) is 6.77. The second-order valence-corrected chi connectivity index (χ2v) is 9.64. The number of carbonyl (C=O) groups excluding carboxylic acids is 1. The van der Waals surface area contributed by atoms with Crippen molar-refractivity contribution >= 4 is 29.2 Å². The molecule has 0 aromatic heterocycles. The van der Waals surface area contributed by atoms with E-state index in [4.69, 9.17) is 47.9 Å². The molecule has 0 bridgehead atoms. The van der Waals surface area contributed by atoms with Crippen LogP contribution < -0.4 is 24.7 Å². The Morgan fingerprint density at radius 2 is 1.68 bits per heavy atom. The van der Waals surface area contributed by atoms with Gasteiger partial charge in [0.1, 0.15) is 41.2 Å². The maximum Gasteiger partial charge on any atom is 0.349 e. The van der Waals surface area contributed by atoms with Crippen molar-refractivity contribution in [2.45, 2.75) is 12.5 Å². The van der Waals surface area contributed by atoms with Gasteiger partial charge in [-0.3, -0.25) is 0 Å². The molecule has 1 heterocycles. The van der Waals surface area contributed by atoms with Gasteiger partial charge >= 0.3 is 5.97 Å². The molecular formula is C31H22Cl2N2O5. The highest BCUT2D eigenvalue weighted by atomic mass is 35.5. The lowest BCUT2D eigenvalue weighted by Gasteiger charge is -2.27. The first-order chi connectivity index (χ1) is 19.4. The summed E-state index contributed by atoms with van der Waals surface area (Å²) in [6.07, 6.45) is 0. The van der Waals surface area contributed by atoms with Crippen molar-refractivity contribution in [3.63, 3.8) is 0 Å². The molecule has 0 amide bonds. The number of halogens is 2. The third kappa shape index (κ3) is 6.15. The zero-order valence-electron chi connectivity index (χ0n) is 21.0. The minimum absolute atomic E-state index is 0.0323. The SMILES string of the molecule is N#CC1=C(N)Oc2cc(OC(=O)COc3cccc(Cl)c3)ccc2C1c1cccc(OCc2ccccc2Cl)c1. The van der Waals surface area contributed by atoms with Gasteiger partial charge in [0.25, 0.3) is 0 Å². The molecule has 7 nitrogen and oxygen atoms in total. The van der Waals surface area contributed by atoms with Crippen LogP contribution in [0.25, 0.3) is 0 Å². The Bertz CT molecular complexity index is 1650.